The van der Waals surface area contributed by atoms with Crippen molar-refractivity contribution in [2.24, 2.45) is 5.92 Å². The van der Waals surface area contributed by atoms with Crippen LogP contribution in [-0.2, 0) is 0 Å². The summed E-state index contributed by atoms with van der Waals surface area (Å²) >= 11 is 0. The molecule has 0 unspecified atom stereocenters. The van der Waals surface area contributed by atoms with E-state index in [9.17, 15) is 9.59 Å². The van der Waals surface area contributed by atoms with Crippen LogP contribution in [-0.4, -0.2) is 25.2 Å². The quantitative estimate of drug-likeness (QED) is 0.234. The van der Waals surface area contributed by atoms with Gasteiger partial charge >= 0.3 is 12.1 Å². The summed E-state index contributed by atoms with van der Waals surface area (Å²) < 4.78 is 0. The molecule has 174 valence electrons. The molecule has 0 aliphatic rings. The van der Waals surface area contributed by atoms with Crippen LogP contribution < -0.4 is 21.3 Å². The predicted molar refractivity (Wildman–Crippen MR) is 140 cm³/mol. The average molecular weight is 455 g/mol. The molecular weight excluding hydrogens is 424 g/mol. The normalized spacial score (nSPS) is 11.7. The minimum atomic E-state index is -0.212. The van der Waals surface area contributed by atoms with Gasteiger partial charge in [0.05, 0.1) is 11.4 Å². The molecule has 0 fully saturated rings. The van der Waals surface area contributed by atoms with Crippen LogP contribution in [0.2, 0.25) is 0 Å². The van der Waals surface area contributed by atoms with Crippen molar-refractivity contribution in [2.45, 2.75) is 19.8 Å². The van der Waals surface area contributed by atoms with E-state index in [0.717, 1.165) is 45.8 Å². The maximum atomic E-state index is 12.4. The monoisotopic (exact) mass is 454 g/mol. The second kappa shape index (κ2) is 11.2. The SMILES string of the molecule is C[C@@H](CCCNC(=O)Nc1cccc2ccccc12)CNC(=O)Nc1cccc2ccccc12. The molecular formula is C28H30N4O2. The van der Waals surface area contributed by atoms with Gasteiger partial charge in [-0.1, -0.05) is 79.7 Å². The summed E-state index contributed by atoms with van der Waals surface area (Å²) in [5, 5.41) is 15.9. The number of carbonyl (C=O) groups excluding carboxylic acids is 2. The topological polar surface area (TPSA) is 82.3 Å². The van der Waals surface area contributed by atoms with E-state index in [-0.39, 0.29) is 12.1 Å². The van der Waals surface area contributed by atoms with Gasteiger partial charge in [-0.15, -0.1) is 0 Å². The Hall–Kier alpha value is -4.06. The second-order valence-electron chi connectivity index (χ2n) is 8.52. The first kappa shape index (κ1) is 23.1. The fourth-order valence-corrected chi connectivity index (χ4v) is 4.02. The molecule has 4 aromatic rings. The van der Waals surface area contributed by atoms with Crippen molar-refractivity contribution in [2.75, 3.05) is 23.7 Å². The lowest BCUT2D eigenvalue weighted by Crippen LogP contribution is -2.33. The molecule has 0 aliphatic carbocycles. The molecule has 0 heterocycles. The minimum Gasteiger partial charge on any atom is -0.338 e. The zero-order valence-electron chi connectivity index (χ0n) is 19.3. The van der Waals surface area contributed by atoms with E-state index < -0.39 is 0 Å². The molecule has 0 radical (unpaired) electrons. The number of hydrogen-bond acceptors (Lipinski definition) is 2. The van der Waals surface area contributed by atoms with Gasteiger partial charge in [0.15, 0.2) is 0 Å². The highest BCUT2D eigenvalue weighted by molar-refractivity contribution is 6.02. The van der Waals surface area contributed by atoms with Crippen molar-refractivity contribution in [3.8, 4) is 0 Å². The van der Waals surface area contributed by atoms with E-state index in [1.807, 2.05) is 84.9 Å². The molecule has 4 rings (SSSR count). The van der Waals surface area contributed by atoms with Gasteiger partial charge in [-0.05, 0) is 41.7 Å². The lowest BCUT2D eigenvalue weighted by Gasteiger charge is -2.15. The van der Waals surface area contributed by atoms with Gasteiger partial charge in [0, 0.05) is 23.9 Å². The molecule has 0 aliphatic heterocycles. The molecule has 6 heteroatoms. The summed E-state index contributed by atoms with van der Waals surface area (Å²) in [7, 11) is 0. The molecule has 0 aromatic heterocycles. The summed E-state index contributed by atoms with van der Waals surface area (Å²) in [6.45, 7) is 3.23. The maximum absolute atomic E-state index is 12.4. The first-order chi connectivity index (χ1) is 16.6. The Labute approximate surface area is 199 Å². The van der Waals surface area contributed by atoms with E-state index in [4.69, 9.17) is 0 Å². The van der Waals surface area contributed by atoms with Gasteiger partial charge in [-0.2, -0.15) is 0 Å². The number of nitrogens with one attached hydrogen (secondary N) is 4. The van der Waals surface area contributed by atoms with E-state index in [1.165, 1.54) is 0 Å². The molecule has 4 N–H and O–H groups in total. The van der Waals surface area contributed by atoms with Gasteiger partial charge in [0.25, 0.3) is 0 Å². The average Bonchev–Trinajstić information content (AvgIpc) is 2.86. The molecule has 4 amide bonds. The largest absolute Gasteiger partial charge is 0.338 e. The highest BCUT2D eigenvalue weighted by Crippen LogP contribution is 2.23. The molecule has 0 bridgehead atoms. The van der Waals surface area contributed by atoms with Crippen molar-refractivity contribution < 1.29 is 9.59 Å². The van der Waals surface area contributed by atoms with Gasteiger partial charge in [-0.3, -0.25) is 0 Å². The number of benzene rings is 4. The van der Waals surface area contributed by atoms with Crippen LogP contribution in [0.5, 0.6) is 0 Å². The van der Waals surface area contributed by atoms with Crippen LogP contribution in [0.15, 0.2) is 84.9 Å². The van der Waals surface area contributed by atoms with Crippen LogP contribution in [0.4, 0.5) is 21.0 Å². The van der Waals surface area contributed by atoms with Crippen molar-refractivity contribution in [1.29, 1.82) is 0 Å². The number of amides is 4. The Kier molecular flexibility index (Phi) is 7.60. The molecule has 34 heavy (non-hydrogen) atoms. The summed E-state index contributed by atoms with van der Waals surface area (Å²) in [6.07, 6.45) is 1.72. The molecule has 0 saturated carbocycles. The second-order valence-corrected chi connectivity index (χ2v) is 8.52. The Balaban J connectivity index is 1.15. The first-order valence-electron chi connectivity index (χ1n) is 11.7. The van der Waals surface area contributed by atoms with E-state index in [0.29, 0.717) is 19.0 Å². The summed E-state index contributed by atoms with van der Waals surface area (Å²) in [6, 6.07) is 27.2. The fraction of sp³-hybridized carbons (Fsp3) is 0.214. The Morgan fingerprint density at radius 3 is 1.76 bits per heavy atom. The first-order valence-corrected chi connectivity index (χ1v) is 11.7. The Morgan fingerprint density at radius 1 is 0.676 bits per heavy atom. The third kappa shape index (κ3) is 6.04. The zero-order chi connectivity index (χ0) is 23.8. The standard InChI is InChI=1S/C28H30N4O2/c1-20(19-30-28(34)32-26-17-7-13-22-11-3-5-15-24(22)26)9-8-18-29-27(33)31-25-16-6-12-21-10-2-4-14-23(21)25/h2-7,10-17,20H,8-9,18-19H2,1H3,(H2,29,31,33)(H2,30,32,34)/t20-/m0/s1. The molecule has 4 aromatic carbocycles. The molecule has 6 nitrogen and oxygen atoms in total. The van der Waals surface area contributed by atoms with Crippen molar-refractivity contribution >= 4 is 45.0 Å². The predicted octanol–water partition coefficient (Wildman–Crippen LogP) is 6.35. The zero-order valence-corrected chi connectivity index (χ0v) is 19.3. The van der Waals surface area contributed by atoms with Crippen LogP contribution in [0.3, 0.4) is 0 Å². The van der Waals surface area contributed by atoms with Crippen molar-refractivity contribution in [3.63, 3.8) is 0 Å². The van der Waals surface area contributed by atoms with E-state index in [2.05, 4.69) is 28.2 Å². The fourth-order valence-electron chi connectivity index (χ4n) is 4.02. The lowest BCUT2D eigenvalue weighted by molar-refractivity contribution is 0.250. The number of fused-ring (bicyclic) bond motifs is 2. The number of rotatable bonds is 8. The number of urea groups is 2. The number of carbonyl (C=O) groups is 2. The van der Waals surface area contributed by atoms with E-state index >= 15 is 0 Å². The van der Waals surface area contributed by atoms with Crippen molar-refractivity contribution in [1.82, 2.24) is 10.6 Å². The van der Waals surface area contributed by atoms with Gasteiger partial charge < -0.3 is 21.3 Å². The smallest absolute Gasteiger partial charge is 0.319 e. The van der Waals surface area contributed by atoms with Crippen molar-refractivity contribution in [3.05, 3.63) is 84.9 Å². The third-order valence-electron chi connectivity index (χ3n) is 5.85. The number of anilines is 2. The molecule has 0 spiro atoms. The van der Waals surface area contributed by atoms with Gasteiger partial charge in [-0.25, -0.2) is 9.59 Å². The highest BCUT2D eigenvalue weighted by Gasteiger charge is 2.09. The van der Waals surface area contributed by atoms with Crippen LogP contribution in [0.25, 0.3) is 21.5 Å². The number of hydrogen-bond donors (Lipinski definition) is 4. The van der Waals surface area contributed by atoms with Crippen LogP contribution in [0.1, 0.15) is 19.8 Å². The highest BCUT2D eigenvalue weighted by atomic mass is 16.2. The molecule has 1 atom stereocenters. The van der Waals surface area contributed by atoms with Gasteiger partial charge in [0.2, 0.25) is 0 Å². The summed E-state index contributed by atoms with van der Waals surface area (Å²) in [5.74, 6) is 0.293. The lowest BCUT2D eigenvalue weighted by atomic mass is 10.1. The van der Waals surface area contributed by atoms with Gasteiger partial charge in [0.1, 0.15) is 0 Å². The summed E-state index contributed by atoms with van der Waals surface area (Å²) in [4.78, 5) is 24.7. The molecule has 0 saturated heterocycles. The third-order valence-corrected chi connectivity index (χ3v) is 5.85. The van der Waals surface area contributed by atoms with E-state index in [1.54, 1.807) is 0 Å². The van der Waals surface area contributed by atoms with Crippen LogP contribution in [0, 0.1) is 5.92 Å². The maximum Gasteiger partial charge on any atom is 0.319 e. The Bertz CT molecular complexity index is 1280. The Morgan fingerprint density at radius 2 is 1.18 bits per heavy atom. The summed E-state index contributed by atoms with van der Waals surface area (Å²) in [5.41, 5.74) is 1.59. The van der Waals surface area contributed by atoms with Crippen LogP contribution >= 0.6 is 0 Å². The minimum absolute atomic E-state index is 0.211.